The number of carbonyl (C=O) groups excluding carboxylic acids is 1. The predicted molar refractivity (Wildman–Crippen MR) is 88.8 cm³/mol. The number of aryl methyl sites for hydroxylation is 1. The zero-order chi connectivity index (χ0) is 16.6. The maximum atomic E-state index is 11.6. The van der Waals surface area contributed by atoms with Crippen LogP contribution < -0.4 is 10.6 Å². The molecule has 6 nitrogen and oxygen atoms in total. The van der Waals surface area contributed by atoms with E-state index in [1.807, 2.05) is 26.0 Å². The lowest BCUT2D eigenvalue weighted by molar-refractivity contribution is -0.122. The van der Waals surface area contributed by atoms with Crippen LogP contribution in [-0.2, 0) is 4.79 Å². The first-order valence-electron chi connectivity index (χ1n) is 7.77. The first-order chi connectivity index (χ1) is 11.0. The highest BCUT2D eigenvalue weighted by molar-refractivity contribution is 5.78. The minimum atomic E-state index is -0.238. The summed E-state index contributed by atoms with van der Waals surface area (Å²) in [6, 6.07) is 3.79. The molecular weight excluding hydrogens is 290 g/mol. The quantitative estimate of drug-likeness (QED) is 0.932. The van der Waals surface area contributed by atoms with E-state index in [2.05, 4.69) is 21.8 Å². The Labute approximate surface area is 135 Å². The summed E-state index contributed by atoms with van der Waals surface area (Å²) in [5.41, 5.74) is 8.43. The van der Waals surface area contributed by atoms with Crippen molar-refractivity contribution in [1.29, 1.82) is 0 Å². The number of amides is 1. The van der Waals surface area contributed by atoms with Crippen LogP contribution >= 0.6 is 0 Å². The fourth-order valence-electron chi connectivity index (χ4n) is 3.06. The molecule has 0 bridgehead atoms. The Morgan fingerprint density at radius 1 is 1.22 bits per heavy atom. The molecular formula is C17H21N5O. The number of nitrogens with zero attached hydrogens (tertiary/aromatic N) is 4. The van der Waals surface area contributed by atoms with E-state index < -0.39 is 0 Å². The maximum Gasteiger partial charge on any atom is 0.222 e. The van der Waals surface area contributed by atoms with Gasteiger partial charge in [0.2, 0.25) is 5.91 Å². The Morgan fingerprint density at radius 2 is 1.91 bits per heavy atom. The smallest absolute Gasteiger partial charge is 0.222 e. The van der Waals surface area contributed by atoms with E-state index in [0.29, 0.717) is 12.4 Å². The summed E-state index contributed by atoms with van der Waals surface area (Å²) < 4.78 is 0. The molecule has 3 heterocycles. The lowest BCUT2D eigenvalue weighted by atomic mass is 9.98. The number of hydrogen-bond acceptors (Lipinski definition) is 5. The van der Waals surface area contributed by atoms with Crippen molar-refractivity contribution >= 4 is 11.7 Å². The summed E-state index contributed by atoms with van der Waals surface area (Å²) in [6.45, 7) is 7.45. The van der Waals surface area contributed by atoms with Gasteiger partial charge in [-0.3, -0.25) is 9.78 Å². The van der Waals surface area contributed by atoms with Crippen LogP contribution in [0.4, 0.5) is 5.82 Å². The largest absolute Gasteiger partial charge is 0.369 e. The molecule has 0 aromatic carbocycles. The Bertz CT molecular complexity index is 731. The molecule has 0 radical (unpaired) electrons. The highest BCUT2D eigenvalue weighted by Gasteiger charge is 2.35. The van der Waals surface area contributed by atoms with Crippen molar-refractivity contribution in [2.75, 3.05) is 18.0 Å². The maximum absolute atomic E-state index is 11.6. The van der Waals surface area contributed by atoms with Gasteiger partial charge in [0.1, 0.15) is 5.82 Å². The van der Waals surface area contributed by atoms with Crippen molar-refractivity contribution in [3.63, 3.8) is 0 Å². The van der Waals surface area contributed by atoms with Gasteiger partial charge in [-0.25, -0.2) is 9.97 Å². The average Bonchev–Trinajstić information content (AvgIpc) is 2.92. The molecule has 1 aliphatic heterocycles. The molecule has 2 N–H and O–H groups in total. The van der Waals surface area contributed by atoms with Crippen molar-refractivity contribution in [3.05, 3.63) is 35.8 Å². The van der Waals surface area contributed by atoms with Crippen molar-refractivity contribution in [1.82, 2.24) is 15.0 Å². The third kappa shape index (κ3) is 2.88. The molecule has 120 valence electrons. The van der Waals surface area contributed by atoms with Gasteiger partial charge in [-0.05, 0) is 31.9 Å². The monoisotopic (exact) mass is 311 g/mol. The molecule has 1 fully saturated rings. The minimum absolute atomic E-state index is 0.131. The van der Waals surface area contributed by atoms with Crippen LogP contribution in [0.25, 0.3) is 11.4 Å². The van der Waals surface area contributed by atoms with E-state index in [0.717, 1.165) is 29.2 Å². The number of nitrogens with two attached hydrogens (primary N) is 1. The van der Waals surface area contributed by atoms with Gasteiger partial charge >= 0.3 is 0 Å². The molecule has 1 aliphatic rings. The van der Waals surface area contributed by atoms with Gasteiger partial charge in [-0.15, -0.1) is 0 Å². The van der Waals surface area contributed by atoms with Gasteiger partial charge in [0.05, 0.1) is 5.92 Å². The van der Waals surface area contributed by atoms with Crippen LogP contribution in [0.5, 0.6) is 0 Å². The molecule has 3 rings (SSSR count). The lowest BCUT2D eigenvalue weighted by Crippen LogP contribution is -2.29. The number of anilines is 1. The van der Waals surface area contributed by atoms with E-state index in [9.17, 15) is 4.79 Å². The van der Waals surface area contributed by atoms with E-state index in [-0.39, 0.29) is 17.7 Å². The second kappa shape index (κ2) is 5.95. The van der Waals surface area contributed by atoms with E-state index in [1.165, 1.54) is 0 Å². The topological polar surface area (TPSA) is 85.0 Å². The van der Waals surface area contributed by atoms with Crippen LogP contribution in [0.1, 0.15) is 18.2 Å². The first kappa shape index (κ1) is 15.4. The van der Waals surface area contributed by atoms with Gasteiger partial charge in [-0.2, -0.15) is 0 Å². The van der Waals surface area contributed by atoms with Gasteiger partial charge in [-0.1, -0.05) is 6.92 Å². The zero-order valence-corrected chi connectivity index (χ0v) is 13.7. The molecule has 2 aromatic rings. The second-order valence-electron chi connectivity index (χ2n) is 6.21. The van der Waals surface area contributed by atoms with Crippen LogP contribution in [0, 0.1) is 25.7 Å². The second-order valence-corrected chi connectivity index (χ2v) is 6.21. The summed E-state index contributed by atoms with van der Waals surface area (Å²) in [5, 5.41) is 0. The molecule has 1 amide bonds. The number of primary amides is 1. The van der Waals surface area contributed by atoms with E-state index >= 15 is 0 Å². The summed E-state index contributed by atoms with van der Waals surface area (Å²) in [7, 11) is 0. The van der Waals surface area contributed by atoms with Crippen molar-refractivity contribution in [3.8, 4) is 11.4 Å². The predicted octanol–water partition coefficient (Wildman–Crippen LogP) is 1.71. The molecule has 2 atom stereocenters. The van der Waals surface area contributed by atoms with Crippen LogP contribution in [0.3, 0.4) is 0 Å². The van der Waals surface area contributed by atoms with Crippen LogP contribution in [0.2, 0.25) is 0 Å². The molecule has 2 aromatic heterocycles. The molecule has 0 spiro atoms. The number of carbonyl (C=O) groups is 1. The number of pyridine rings is 1. The molecule has 1 saturated heterocycles. The van der Waals surface area contributed by atoms with Gasteiger partial charge in [0, 0.05) is 42.3 Å². The molecule has 0 unspecified atom stereocenters. The Hall–Kier alpha value is -2.50. The standard InChI is InChI=1S/C17H21N5O/c1-10-8-22(9-14(10)15(18)23)17-11(2)12(3)20-16(21-17)13-4-6-19-7-5-13/h4-7,10,14H,8-9H2,1-3H3,(H2,18,23)/t10-,14-/m1/s1. The third-order valence-electron chi connectivity index (χ3n) is 4.58. The van der Waals surface area contributed by atoms with Crippen molar-refractivity contribution in [2.45, 2.75) is 20.8 Å². The fourth-order valence-corrected chi connectivity index (χ4v) is 3.06. The SMILES string of the molecule is Cc1nc(-c2ccncc2)nc(N2C[C@@H](C)[C@H](C(N)=O)C2)c1C. The van der Waals surface area contributed by atoms with Crippen molar-refractivity contribution < 1.29 is 4.79 Å². The van der Waals surface area contributed by atoms with E-state index in [4.69, 9.17) is 10.7 Å². The van der Waals surface area contributed by atoms with Gasteiger partial charge < -0.3 is 10.6 Å². The normalized spacial score (nSPS) is 20.7. The van der Waals surface area contributed by atoms with Crippen LogP contribution in [0.15, 0.2) is 24.5 Å². The third-order valence-corrected chi connectivity index (χ3v) is 4.58. The molecule has 0 aliphatic carbocycles. The van der Waals surface area contributed by atoms with E-state index in [1.54, 1.807) is 12.4 Å². The van der Waals surface area contributed by atoms with Crippen LogP contribution in [-0.4, -0.2) is 33.9 Å². The first-order valence-corrected chi connectivity index (χ1v) is 7.77. The number of hydrogen-bond donors (Lipinski definition) is 1. The highest BCUT2D eigenvalue weighted by atomic mass is 16.1. The highest BCUT2D eigenvalue weighted by Crippen LogP contribution is 2.31. The van der Waals surface area contributed by atoms with Gasteiger partial charge in [0.25, 0.3) is 0 Å². The number of rotatable bonds is 3. The zero-order valence-electron chi connectivity index (χ0n) is 13.7. The summed E-state index contributed by atoms with van der Waals surface area (Å²) in [4.78, 5) is 27.1. The Kier molecular flexibility index (Phi) is 3.98. The molecule has 0 saturated carbocycles. The minimum Gasteiger partial charge on any atom is -0.369 e. The molecule has 23 heavy (non-hydrogen) atoms. The van der Waals surface area contributed by atoms with Gasteiger partial charge in [0.15, 0.2) is 5.82 Å². The average molecular weight is 311 g/mol. The number of aromatic nitrogens is 3. The Morgan fingerprint density at radius 3 is 2.52 bits per heavy atom. The summed E-state index contributed by atoms with van der Waals surface area (Å²) in [6.07, 6.45) is 3.46. The summed E-state index contributed by atoms with van der Waals surface area (Å²) >= 11 is 0. The van der Waals surface area contributed by atoms with Crippen molar-refractivity contribution in [2.24, 2.45) is 17.6 Å². The fraction of sp³-hybridized carbons (Fsp3) is 0.412. The summed E-state index contributed by atoms with van der Waals surface area (Å²) in [5.74, 6) is 1.43. The Balaban J connectivity index is 2.00. The lowest BCUT2D eigenvalue weighted by Gasteiger charge is -2.21. The molecule has 6 heteroatoms.